The summed E-state index contributed by atoms with van der Waals surface area (Å²) < 4.78 is 32.3. The maximum absolute atomic E-state index is 12.6. The van der Waals surface area contributed by atoms with E-state index in [9.17, 15) is 8.42 Å². The molecule has 0 saturated carbocycles. The third-order valence-corrected chi connectivity index (χ3v) is 5.31. The normalized spacial score (nSPS) is 25.4. The van der Waals surface area contributed by atoms with E-state index in [0.717, 1.165) is 0 Å². The van der Waals surface area contributed by atoms with Gasteiger partial charge >= 0.3 is 0 Å². The summed E-state index contributed by atoms with van der Waals surface area (Å²) in [5.41, 5.74) is 0. The van der Waals surface area contributed by atoms with E-state index in [4.69, 9.17) is 16.3 Å². The highest BCUT2D eigenvalue weighted by Gasteiger charge is 2.35. The molecule has 5 nitrogen and oxygen atoms in total. The molecule has 106 valence electrons. The van der Waals surface area contributed by atoms with E-state index in [0.29, 0.717) is 19.6 Å². The smallest absolute Gasteiger partial charge is 0.243 e. The Labute approximate surface area is 118 Å². The van der Waals surface area contributed by atoms with Crippen LogP contribution in [0.2, 0.25) is 5.15 Å². The lowest BCUT2D eigenvalue weighted by Crippen LogP contribution is -2.51. The second kappa shape index (κ2) is 5.75. The standard InChI is InChI=1S/C12H17ClN2O3S/c1-3-10-8-18-9(2)7-15(10)19(16,17)11-4-5-14-12(13)6-11/h4-6,9-10H,3,7-8H2,1-2H3. The van der Waals surface area contributed by atoms with Gasteiger partial charge in [-0.25, -0.2) is 13.4 Å². The van der Waals surface area contributed by atoms with E-state index < -0.39 is 10.0 Å². The van der Waals surface area contributed by atoms with Crippen LogP contribution in [-0.2, 0) is 14.8 Å². The lowest BCUT2D eigenvalue weighted by Gasteiger charge is -2.37. The van der Waals surface area contributed by atoms with Gasteiger partial charge in [0, 0.05) is 18.8 Å². The third-order valence-electron chi connectivity index (χ3n) is 3.19. The van der Waals surface area contributed by atoms with Gasteiger partial charge in [0.05, 0.1) is 17.6 Å². The van der Waals surface area contributed by atoms with Crippen molar-refractivity contribution in [1.82, 2.24) is 9.29 Å². The van der Waals surface area contributed by atoms with Crippen LogP contribution < -0.4 is 0 Å². The molecule has 2 atom stereocenters. The molecule has 1 aromatic heterocycles. The Morgan fingerprint density at radius 3 is 2.95 bits per heavy atom. The fourth-order valence-electron chi connectivity index (χ4n) is 2.11. The van der Waals surface area contributed by atoms with Crippen molar-refractivity contribution in [2.24, 2.45) is 0 Å². The van der Waals surface area contributed by atoms with Crippen LogP contribution in [0.5, 0.6) is 0 Å². The molecule has 2 rings (SSSR count). The topological polar surface area (TPSA) is 59.5 Å². The number of hydrogen-bond donors (Lipinski definition) is 0. The Morgan fingerprint density at radius 2 is 2.32 bits per heavy atom. The second-order valence-corrected chi connectivity index (χ2v) is 6.87. The van der Waals surface area contributed by atoms with Crippen LogP contribution in [0, 0.1) is 0 Å². The van der Waals surface area contributed by atoms with Gasteiger partial charge in [0.2, 0.25) is 10.0 Å². The van der Waals surface area contributed by atoms with Crippen LogP contribution in [0.25, 0.3) is 0 Å². The van der Waals surface area contributed by atoms with Crippen molar-refractivity contribution in [2.75, 3.05) is 13.2 Å². The molecule has 0 amide bonds. The Bertz CT molecular complexity index is 550. The average Bonchev–Trinajstić information content (AvgIpc) is 2.38. The SMILES string of the molecule is CCC1COC(C)CN1S(=O)(=O)c1ccnc(Cl)c1. The molecule has 1 aliphatic rings. The van der Waals surface area contributed by atoms with Gasteiger partial charge in [-0.1, -0.05) is 18.5 Å². The summed E-state index contributed by atoms with van der Waals surface area (Å²) in [6, 6.07) is 2.71. The molecular formula is C12H17ClN2O3S. The third kappa shape index (κ3) is 3.08. The zero-order valence-corrected chi connectivity index (χ0v) is 12.5. The van der Waals surface area contributed by atoms with Crippen LogP contribution in [-0.4, -0.2) is 43.0 Å². The van der Waals surface area contributed by atoms with E-state index >= 15 is 0 Å². The van der Waals surface area contributed by atoms with Crippen molar-refractivity contribution in [3.05, 3.63) is 23.5 Å². The summed E-state index contributed by atoms with van der Waals surface area (Å²) in [7, 11) is -3.55. The zero-order valence-electron chi connectivity index (χ0n) is 10.9. The van der Waals surface area contributed by atoms with E-state index in [-0.39, 0.29) is 22.2 Å². The number of aromatic nitrogens is 1. The van der Waals surface area contributed by atoms with Gasteiger partial charge in [0.15, 0.2) is 0 Å². The van der Waals surface area contributed by atoms with Gasteiger partial charge in [0.25, 0.3) is 0 Å². The fourth-order valence-corrected chi connectivity index (χ4v) is 4.12. The summed E-state index contributed by atoms with van der Waals surface area (Å²) in [4.78, 5) is 3.99. The highest BCUT2D eigenvalue weighted by molar-refractivity contribution is 7.89. The number of rotatable bonds is 3. The first kappa shape index (κ1) is 14.7. The summed E-state index contributed by atoms with van der Waals surface area (Å²) in [6.07, 6.45) is 2.01. The van der Waals surface area contributed by atoms with Gasteiger partial charge in [-0.05, 0) is 25.5 Å². The minimum Gasteiger partial charge on any atom is -0.375 e. The van der Waals surface area contributed by atoms with Crippen molar-refractivity contribution < 1.29 is 13.2 Å². The molecule has 0 aliphatic carbocycles. The van der Waals surface area contributed by atoms with Crippen molar-refractivity contribution in [3.8, 4) is 0 Å². The molecule has 1 aliphatic heterocycles. The molecule has 2 unspecified atom stereocenters. The highest BCUT2D eigenvalue weighted by Crippen LogP contribution is 2.24. The van der Waals surface area contributed by atoms with Crippen molar-refractivity contribution in [1.29, 1.82) is 0 Å². The van der Waals surface area contributed by atoms with Crippen LogP contribution >= 0.6 is 11.6 Å². The number of morpholine rings is 1. The van der Waals surface area contributed by atoms with Gasteiger partial charge in [-0.3, -0.25) is 0 Å². The minimum atomic E-state index is -3.55. The largest absolute Gasteiger partial charge is 0.375 e. The number of nitrogens with zero attached hydrogens (tertiary/aromatic N) is 2. The summed E-state index contributed by atoms with van der Waals surface area (Å²) in [5, 5.41) is 0.176. The lowest BCUT2D eigenvalue weighted by atomic mass is 10.2. The van der Waals surface area contributed by atoms with Gasteiger partial charge in [-0.15, -0.1) is 0 Å². The number of ether oxygens (including phenoxy) is 1. The van der Waals surface area contributed by atoms with E-state index in [1.165, 1.54) is 22.6 Å². The monoisotopic (exact) mass is 304 g/mol. The first-order valence-corrected chi connectivity index (χ1v) is 8.02. The molecule has 0 radical (unpaired) electrons. The van der Waals surface area contributed by atoms with Crippen molar-refractivity contribution in [3.63, 3.8) is 0 Å². The Kier molecular flexibility index (Phi) is 4.45. The number of hydrogen-bond acceptors (Lipinski definition) is 4. The van der Waals surface area contributed by atoms with Crippen LogP contribution in [0.3, 0.4) is 0 Å². The lowest BCUT2D eigenvalue weighted by molar-refractivity contribution is -0.0230. The van der Waals surface area contributed by atoms with Gasteiger partial charge in [0.1, 0.15) is 5.15 Å². The van der Waals surface area contributed by atoms with E-state index in [1.807, 2.05) is 13.8 Å². The Hall–Kier alpha value is -0.690. The molecule has 7 heteroatoms. The molecular weight excluding hydrogens is 288 g/mol. The number of sulfonamides is 1. The van der Waals surface area contributed by atoms with E-state index in [2.05, 4.69) is 4.98 Å². The first-order valence-electron chi connectivity index (χ1n) is 6.20. The summed E-state index contributed by atoms with van der Waals surface area (Å²) in [6.45, 7) is 4.61. The molecule has 0 aromatic carbocycles. The van der Waals surface area contributed by atoms with Crippen molar-refractivity contribution in [2.45, 2.75) is 37.3 Å². The van der Waals surface area contributed by atoms with Crippen LogP contribution in [0.4, 0.5) is 0 Å². The molecule has 0 spiro atoms. The van der Waals surface area contributed by atoms with Crippen LogP contribution in [0.15, 0.2) is 23.2 Å². The van der Waals surface area contributed by atoms with Gasteiger partial charge in [-0.2, -0.15) is 4.31 Å². The number of pyridine rings is 1. The maximum atomic E-state index is 12.6. The molecule has 1 saturated heterocycles. The maximum Gasteiger partial charge on any atom is 0.243 e. The quantitative estimate of drug-likeness (QED) is 0.801. The van der Waals surface area contributed by atoms with Gasteiger partial charge < -0.3 is 4.74 Å². The number of halogens is 1. The average molecular weight is 305 g/mol. The predicted molar refractivity (Wildman–Crippen MR) is 72.6 cm³/mol. The molecule has 19 heavy (non-hydrogen) atoms. The molecule has 0 N–H and O–H groups in total. The molecule has 2 heterocycles. The zero-order chi connectivity index (χ0) is 14.0. The summed E-state index contributed by atoms with van der Waals surface area (Å²) in [5.74, 6) is 0. The minimum absolute atomic E-state index is 0.102. The predicted octanol–water partition coefficient (Wildman–Crippen LogP) is 1.92. The molecule has 0 bridgehead atoms. The first-order chi connectivity index (χ1) is 8.95. The van der Waals surface area contributed by atoms with E-state index in [1.54, 1.807) is 0 Å². The van der Waals surface area contributed by atoms with Crippen molar-refractivity contribution >= 4 is 21.6 Å². The molecule has 1 fully saturated rings. The molecule has 1 aromatic rings. The highest BCUT2D eigenvalue weighted by atomic mass is 35.5. The fraction of sp³-hybridized carbons (Fsp3) is 0.583. The summed E-state index contributed by atoms with van der Waals surface area (Å²) >= 11 is 5.77. The van der Waals surface area contributed by atoms with Crippen LogP contribution in [0.1, 0.15) is 20.3 Å². The Morgan fingerprint density at radius 1 is 1.58 bits per heavy atom. The Balaban J connectivity index is 2.36. The second-order valence-electron chi connectivity index (χ2n) is 4.60.